The van der Waals surface area contributed by atoms with E-state index in [0.29, 0.717) is 0 Å². The van der Waals surface area contributed by atoms with Crippen LogP contribution in [0.25, 0.3) is 0 Å². The minimum Gasteiger partial charge on any atom is -0.481 e. The molecule has 0 aliphatic heterocycles. The maximum atomic E-state index is 13.3. The Kier molecular flexibility index (Phi) is 5.41. The Balaban J connectivity index is 2.49. The zero-order chi connectivity index (χ0) is 14.4. The lowest BCUT2D eigenvalue weighted by molar-refractivity contribution is -0.138. The number of aliphatic carboxylic acids is 1. The molecular weight excluding hydrogens is 256 g/mol. The first-order chi connectivity index (χ1) is 8.91. The molecule has 6 heteroatoms. The summed E-state index contributed by atoms with van der Waals surface area (Å²) < 4.78 is 26.3. The van der Waals surface area contributed by atoms with Gasteiger partial charge in [0.05, 0.1) is 6.42 Å². The van der Waals surface area contributed by atoms with Gasteiger partial charge in [-0.1, -0.05) is 12.1 Å². The van der Waals surface area contributed by atoms with E-state index in [1.807, 2.05) is 0 Å². The Labute approximate surface area is 109 Å². The Bertz CT molecular complexity index is 477. The van der Waals surface area contributed by atoms with Crippen LogP contribution in [-0.2, 0) is 16.0 Å². The largest absolute Gasteiger partial charge is 0.481 e. The molecule has 0 aliphatic rings. The van der Waals surface area contributed by atoms with Gasteiger partial charge in [-0.2, -0.15) is 0 Å². The number of benzene rings is 1. The third-order valence-electron chi connectivity index (χ3n) is 2.73. The van der Waals surface area contributed by atoms with Crippen LogP contribution < -0.4 is 0 Å². The van der Waals surface area contributed by atoms with Gasteiger partial charge in [0.25, 0.3) is 0 Å². The number of carbonyl (C=O) groups is 2. The van der Waals surface area contributed by atoms with Gasteiger partial charge in [0.15, 0.2) is 11.6 Å². The highest BCUT2D eigenvalue weighted by atomic mass is 19.2. The second-order valence-corrected chi connectivity index (χ2v) is 4.17. The molecule has 0 atom stereocenters. The van der Waals surface area contributed by atoms with E-state index in [-0.39, 0.29) is 37.3 Å². The predicted molar refractivity (Wildman–Crippen MR) is 64.6 cm³/mol. The number of hydrogen-bond acceptors (Lipinski definition) is 2. The van der Waals surface area contributed by atoms with Gasteiger partial charge in [-0.15, -0.1) is 0 Å². The molecule has 1 rings (SSSR count). The second kappa shape index (κ2) is 6.82. The molecule has 0 unspecified atom stereocenters. The summed E-state index contributed by atoms with van der Waals surface area (Å²) in [4.78, 5) is 23.3. The molecule has 0 bridgehead atoms. The average molecular weight is 271 g/mol. The minimum absolute atomic E-state index is 0.0104. The predicted octanol–water partition coefficient (Wildman–Crippen LogP) is 1.83. The third-order valence-corrected chi connectivity index (χ3v) is 2.73. The zero-order valence-corrected chi connectivity index (χ0v) is 10.5. The number of hydrogen-bond donors (Lipinski definition) is 1. The van der Waals surface area contributed by atoms with Gasteiger partial charge in [-0.3, -0.25) is 9.59 Å². The Hall–Kier alpha value is -1.98. The fourth-order valence-corrected chi connectivity index (χ4v) is 1.56. The summed E-state index contributed by atoms with van der Waals surface area (Å²) in [5.41, 5.74) is 0.139. The van der Waals surface area contributed by atoms with Crippen molar-refractivity contribution in [3.05, 3.63) is 35.4 Å². The lowest BCUT2D eigenvalue weighted by Gasteiger charge is -2.16. The Morgan fingerprint density at radius 1 is 1.26 bits per heavy atom. The van der Waals surface area contributed by atoms with Gasteiger partial charge >= 0.3 is 5.97 Å². The van der Waals surface area contributed by atoms with E-state index >= 15 is 0 Å². The van der Waals surface area contributed by atoms with Crippen molar-refractivity contribution in [1.29, 1.82) is 0 Å². The number of aryl methyl sites for hydroxylation is 1. The van der Waals surface area contributed by atoms with Crippen LogP contribution in [0.5, 0.6) is 0 Å². The van der Waals surface area contributed by atoms with Crippen molar-refractivity contribution in [2.75, 3.05) is 13.6 Å². The number of carboxylic acid groups (broad SMARTS) is 1. The highest BCUT2D eigenvalue weighted by Crippen LogP contribution is 2.13. The molecule has 0 heterocycles. The maximum Gasteiger partial charge on any atom is 0.305 e. The fraction of sp³-hybridized carbons (Fsp3) is 0.385. The number of halogens is 2. The van der Waals surface area contributed by atoms with E-state index in [0.717, 1.165) is 6.07 Å². The molecule has 0 fully saturated rings. The van der Waals surface area contributed by atoms with Crippen LogP contribution in [0.3, 0.4) is 0 Å². The number of rotatable bonds is 6. The van der Waals surface area contributed by atoms with Crippen molar-refractivity contribution in [2.45, 2.75) is 19.3 Å². The SMILES string of the molecule is CN(CCC(=O)O)C(=O)CCc1cccc(F)c1F. The molecule has 1 aromatic carbocycles. The quantitative estimate of drug-likeness (QED) is 0.858. The summed E-state index contributed by atoms with van der Waals surface area (Å²) in [7, 11) is 1.48. The smallest absolute Gasteiger partial charge is 0.305 e. The number of carbonyl (C=O) groups excluding carboxylic acids is 1. The van der Waals surface area contributed by atoms with Crippen LogP contribution in [-0.4, -0.2) is 35.5 Å². The van der Waals surface area contributed by atoms with Crippen molar-refractivity contribution in [2.24, 2.45) is 0 Å². The summed E-state index contributed by atoms with van der Waals surface area (Å²) in [6.07, 6.45) is -0.0487. The highest BCUT2D eigenvalue weighted by Gasteiger charge is 2.13. The molecule has 19 heavy (non-hydrogen) atoms. The van der Waals surface area contributed by atoms with Gasteiger partial charge in [0, 0.05) is 20.0 Å². The average Bonchev–Trinajstić information content (AvgIpc) is 2.37. The number of nitrogens with zero attached hydrogens (tertiary/aromatic N) is 1. The highest BCUT2D eigenvalue weighted by molar-refractivity contribution is 5.77. The molecule has 1 aromatic rings. The lowest BCUT2D eigenvalue weighted by atomic mass is 10.1. The van der Waals surface area contributed by atoms with E-state index in [4.69, 9.17) is 5.11 Å². The second-order valence-electron chi connectivity index (χ2n) is 4.17. The fourth-order valence-electron chi connectivity index (χ4n) is 1.56. The molecule has 4 nitrogen and oxygen atoms in total. The van der Waals surface area contributed by atoms with Gasteiger partial charge < -0.3 is 10.0 Å². The van der Waals surface area contributed by atoms with Crippen LogP contribution in [0.15, 0.2) is 18.2 Å². The topological polar surface area (TPSA) is 57.6 Å². The van der Waals surface area contributed by atoms with Crippen molar-refractivity contribution >= 4 is 11.9 Å². The number of amides is 1. The van der Waals surface area contributed by atoms with Gasteiger partial charge in [-0.25, -0.2) is 8.78 Å². The van der Waals surface area contributed by atoms with E-state index in [1.54, 1.807) is 0 Å². The molecule has 0 saturated carbocycles. The molecule has 1 N–H and O–H groups in total. The molecule has 0 spiro atoms. The Morgan fingerprint density at radius 3 is 2.58 bits per heavy atom. The van der Waals surface area contributed by atoms with Crippen molar-refractivity contribution in [3.63, 3.8) is 0 Å². The van der Waals surface area contributed by atoms with Crippen LogP contribution >= 0.6 is 0 Å². The standard InChI is InChI=1S/C13H15F2NO3/c1-16(8-7-12(18)19)11(17)6-5-9-3-2-4-10(14)13(9)15/h2-4H,5-8H2,1H3,(H,18,19). The monoisotopic (exact) mass is 271 g/mol. The summed E-state index contributed by atoms with van der Waals surface area (Å²) in [5, 5.41) is 8.49. The normalized spacial score (nSPS) is 10.3. The van der Waals surface area contributed by atoms with E-state index in [9.17, 15) is 18.4 Å². The van der Waals surface area contributed by atoms with Crippen molar-refractivity contribution in [3.8, 4) is 0 Å². The first-order valence-electron chi connectivity index (χ1n) is 5.80. The molecule has 1 amide bonds. The van der Waals surface area contributed by atoms with Crippen LogP contribution in [0.1, 0.15) is 18.4 Å². The maximum absolute atomic E-state index is 13.3. The molecular formula is C13H15F2NO3. The van der Waals surface area contributed by atoms with E-state index in [2.05, 4.69) is 0 Å². The molecule has 104 valence electrons. The van der Waals surface area contributed by atoms with Gasteiger partial charge in [0.1, 0.15) is 0 Å². The number of carboxylic acids is 1. The van der Waals surface area contributed by atoms with Crippen molar-refractivity contribution < 1.29 is 23.5 Å². The van der Waals surface area contributed by atoms with Crippen LogP contribution in [0, 0.1) is 11.6 Å². The zero-order valence-electron chi connectivity index (χ0n) is 10.5. The van der Waals surface area contributed by atoms with Crippen molar-refractivity contribution in [1.82, 2.24) is 4.90 Å². The molecule has 0 aromatic heterocycles. The third kappa shape index (κ3) is 4.65. The van der Waals surface area contributed by atoms with Gasteiger partial charge in [0.2, 0.25) is 5.91 Å². The summed E-state index contributed by atoms with van der Waals surface area (Å²) >= 11 is 0. The first kappa shape index (κ1) is 15.1. The van der Waals surface area contributed by atoms with E-state index in [1.165, 1.54) is 24.1 Å². The molecule has 0 saturated heterocycles. The summed E-state index contributed by atoms with van der Waals surface area (Å²) in [5.74, 6) is -3.17. The molecule has 0 aliphatic carbocycles. The van der Waals surface area contributed by atoms with Gasteiger partial charge in [-0.05, 0) is 18.1 Å². The summed E-state index contributed by atoms with van der Waals surface area (Å²) in [6.45, 7) is 0.0970. The Morgan fingerprint density at radius 2 is 1.95 bits per heavy atom. The first-order valence-corrected chi connectivity index (χ1v) is 5.80. The minimum atomic E-state index is -0.990. The summed E-state index contributed by atoms with van der Waals surface area (Å²) in [6, 6.07) is 3.81. The lowest BCUT2D eigenvalue weighted by Crippen LogP contribution is -2.29. The van der Waals surface area contributed by atoms with Crippen LogP contribution in [0.4, 0.5) is 8.78 Å². The van der Waals surface area contributed by atoms with Crippen LogP contribution in [0.2, 0.25) is 0 Å². The van der Waals surface area contributed by atoms with E-state index < -0.39 is 17.6 Å². The molecule has 0 radical (unpaired) electrons.